The molecule has 1 aromatic heterocycles. The van der Waals surface area contributed by atoms with Crippen molar-refractivity contribution >= 4 is 17.2 Å². The number of carbonyl (C=O) groups is 1. The molecule has 0 saturated carbocycles. The van der Waals surface area contributed by atoms with E-state index in [0.29, 0.717) is 6.42 Å². The molecule has 4 nitrogen and oxygen atoms in total. The number of hydrogen-bond donors (Lipinski definition) is 3. The SMILES string of the molecule is CC(O)(CO)CNC(=O)Cc1ccsc1. The van der Waals surface area contributed by atoms with Gasteiger partial charge in [-0.2, -0.15) is 11.3 Å². The Labute approximate surface area is 92.6 Å². The van der Waals surface area contributed by atoms with Crippen LogP contribution in [0.1, 0.15) is 12.5 Å². The molecule has 0 aliphatic rings. The molecule has 0 aliphatic carbocycles. The first-order valence-corrected chi connectivity index (χ1v) is 5.59. The lowest BCUT2D eigenvalue weighted by Crippen LogP contribution is -2.43. The van der Waals surface area contributed by atoms with Gasteiger partial charge in [0.25, 0.3) is 0 Å². The molecule has 0 aromatic carbocycles. The van der Waals surface area contributed by atoms with Gasteiger partial charge >= 0.3 is 0 Å². The van der Waals surface area contributed by atoms with Crippen LogP contribution in [0.2, 0.25) is 0 Å². The van der Waals surface area contributed by atoms with E-state index in [1.807, 2.05) is 16.8 Å². The van der Waals surface area contributed by atoms with Crippen LogP contribution in [0.5, 0.6) is 0 Å². The number of aliphatic hydroxyl groups is 2. The van der Waals surface area contributed by atoms with Crippen LogP contribution in [0, 0.1) is 0 Å². The predicted molar refractivity (Wildman–Crippen MR) is 58.7 cm³/mol. The summed E-state index contributed by atoms with van der Waals surface area (Å²) in [5.74, 6) is -0.151. The van der Waals surface area contributed by atoms with Gasteiger partial charge in [0, 0.05) is 6.54 Å². The highest BCUT2D eigenvalue weighted by Gasteiger charge is 2.19. The summed E-state index contributed by atoms with van der Waals surface area (Å²) >= 11 is 1.54. The van der Waals surface area contributed by atoms with E-state index in [4.69, 9.17) is 5.11 Å². The quantitative estimate of drug-likeness (QED) is 0.673. The minimum atomic E-state index is -1.25. The van der Waals surface area contributed by atoms with Crippen molar-refractivity contribution in [2.45, 2.75) is 18.9 Å². The van der Waals surface area contributed by atoms with Crippen molar-refractivity contribution in [2.24, 2.45) is 0 Å². The van der Waals surface area contributed by atoms with Crippen molar-refractivity contribution in [2.75, 3.05) is 13.2 Å². The van der Waals surface area contributed by atoms with Crippen LogP contribution in [-0.4, -0.2) is 34.9 Å². The molecule has 1 heterocycles. The Morgan fingerprint density at radius 3 is 2.93 bits per heavy atom. The number of amides is 1. The lowest BCUT2D eigenvalue weighted by atomic mass is 10.1. The van der Waals surface area contributed by atoms with Gasteiger partial charge in [0.1, 0.15) is 5.60 Å². The second-order valence-corrected chi connectivity index (χ2v) is 4.52. The first-order valence-electron chi connectivity index (χ1n) is 4.64. The van der Waals surface area contributed by atoms with Crippen LogP contribution in [0.25, 0.3) is 0 Å². The van der Waals surface area contributed by atoms with Gasteiger partial charge in [0.15, 0.2) is 0 Å². The Morgan fingerprint density at radius 2 is 2.40 bits per heavy atom. The van der Waals surface area contributed by atoms with Gasteiger partial charge in [-0.25, -0.2) is 0 Å². The Balaban J connectivity index is 2.31. The van der Waals surface area contributed by atoms with E-state index in [9.17, 15) is 9.90 Å². The largest absolute Gasteiger partial charge is 0.393 e. The zero-order valence-electron chi connectivity index (χ0n) is 8.56. The van der Waals surface area contributed by atoms with E-state index in [1.165, 1.54) is 6.92 Å². The smallest absolute Gasteiger partial charge is 0.224 e. The van der Waals surface area contributed by atoms with E-state index in [-0.39, 0.29) is 19.1 Å². The minimum absolute atomic E-state index is 0.0620. The average molecular weight is 229 g/mol. The molecule has 15 heavy (non-hydrogen) atoms. The molecule has 0 bridgehead atoms. The van der Waals surface area contributed by atoms with Crippen molar-refractivity contribution in [1.82, 2.24) is 5.32 Å². The van der Waals surface area contributed by atoms with E-state index in [1.54, 1.807) is 11.3 Å². The van der Waals surface area contributed by atoms with Crippen LogP contribution < -0.4 is 5.32 Å². The van der Waals surface area contributed by atoms with Gasteiger partial charge in [0.05, 0.1) is 13.0 Å². The molecule has 0 radical (unpaired) electrons. The van der Waals surface area contributed by atoms with Crippen LogP contribution in [0.4, 0.5) is 0 Å². The van der Waals surface area contributed by atoms with Gasteiger partial charge in [0.2, 0.25) is 5.91 Å². The van der Waals surface area contributed by atoms with Crippen molar-refractivity contribution in [3.8, 4) is 0 Å². The fourth-order valence-electron chi connectivity index (χ4n) is 0.986. The van der Waals surface area contributed by atoms with E-state index in [2.05, 4.69) is 5.32 Å². The molecule has 1 rings (SSSR count). The first kappa shape index (κ1) is 12.2. The number of thiophene rings is 1. The second kappa shape index (κ2) is 5.25. The first-order chi connectivity index (χ1) is 7.03. The maximum atomic E-state index is 11.4. The fraction of sp³-hybridized carbons (Fsp3) is 0.500. The van der Waals surface area contributed by atoms with Gasteiger partial charge in [-0.3, -0.25) is 4.79 Å². The summed E-state index contributed by atoms with van der Waals surface area (Å²) in [6.45, 7) is 1.16. The van der Waals surface area contributed by atoms with E-state index in [0.717, 1.165) is 5.56 Å². The third-order valence-electron chi connectivity index (χ3n) is 1.95. The summed E-state index contributed by atoms with van der Waals surface area (Å²) in [4.78, 5) is 11.4. The molecule has 84 valence electrons. The molecular weight excluding hydrogens is 214 g/mol. The van der Waals surface area contributed by atoms with Crippen molar-refractivity contribution in [1.29, 1.82) is 0 Å². The van der Waals surface area contributed by atoms with Gasteiger partial charge < -0.3 is 15.5 Å². The van der Waals surface area contributed by atoms with Crippen molar-refractivity contribution < 1.29 is 15.0 Å². The molecule has 5 heteroatoms. The Morgan fingerprint density at radius 1 is 1.67 bits per heavy atom. The molecule has 1 aromatic rings. The van der Waals surface area contributed by atoms with E-state index < -0.39 is 5.60 Å². The normalized spacial score (nSPS) is 14.6. The molecule has 0 saturated heterocycles. The molecule has 1 unspecified atom stereocenters. The van der Waals surface area contributed by atoms with Crippen molar-refractivity contribution in [3.05, 3.63) is 22.4 Å². The number of rotatable bonds is 5. The van der Waals surface area contributed by atoms with Gasteiger partial charge in [-0.15, -0.1) is 0 Å². The highest BCUT2D eigenvalue weighted by molar-refractivity contribution is 7.07. The monoisotopic (exact) mass is 229 g/mol. The number of carbonyl (C=O) groups excluding carboxylic acids is 1. The summed E-state index contributed by atoms with van der Waals surface area (Å²) < 4.78 is 0. The molecule has 1 amide bonds. The lowest BCUT2D eigenvalue weighted by Gasteiger charge is -2.20. The zero-order chi connectivity index (χ0) is 11.3. The Hall–Kier alpha value is -0.910. The third-order valence-corrected chi connectivity index (χ3v) is 2.68. The summed E-state index contributed by atoms with van der Waals surface area (Å²) in [5, 5.41) is 24.6. The summed E-state index contributed by atoms with van der Waals surface area (Å²) in [5.41, 5.74) is -0.286. The van der Waals surface area contributed by atoms with Gasteiger partial charge in [-0.1, -0.05) is 0 Å². The fourth-order valence-corrected chi connectivity index (χ4v) is 1.65. The Kier molecular flexibility index (Phi) is 4.26. The number of nitrogens with one attached hydrogen (secondary N) is 1. The predicted octanol–water partition coefficient (Wildman–Crippen LogP) is 0.150. The van der Waals surface area contributed by atoms with Crippen LogP contribution in [-0.2, 0) is 11.2 Å². The molecule has 1 atom stereocenters. The van der Waals surface area contributed by atoms with Gasteiger partial charge in [-0.05, 0) is 29.3 Å². The van der Waals surface area contributed by atoms with Crippen LogP contribution in [0.15, 0.2) is 16.8 Å². The topological polar surface area (TPSA) is 69.6 Å². The minimum Gasteiger partial charge on any atom is -0.393 e. The Bertz CT molecular complexity index is 308. The molecule has 0 aliphatic heterocycles. The van der Waals surface area contributed by atoms with E-state index >= 15 is 0 Å². The summed E-state index contributed by atoms with van der Waals surface area (Å²) in [6.07, 6.45) is 0.311. The third kappa shape index (κ3) is 4.42. The number of hydrogen-bond acceptors (Lipinski definition) is 4. The van der Waals surface area contributed by atoms with Crippen LogP contribution >= 0.6 is 11.3 Å². The number of aliphatic hydroxyl groups excluding tert-OH is 1. The maximum absolute atomic E-state index is 11.4. The molecule has 0 fully saturated rings. The lowest BCUT2D eigenvalue weighted by molar-refractivity contribution is -0.121. The summed E-state index contributed by atoms with van der Waals surface area (Å²) in [6, 6.07) is 1.88. The average Bonchev–Trinajstić information content (AvgIpc) is 2.68. The van der Waals surface area contributed by atoms with Crippen molar-refractivity contribution in [3.63, 3.8) is 0 Å². The molecule has 3 N–H and O–H groups in total. The highest BCUT2D eigenvalue weighted by atomic mass is 32.1. The zero-order valence-corrected chi connectivity index (χ0v) is 9.38. The highest BCUT2D eigenvalue weighted by Crippen LogP contribution is 2.06. The standard InChI is InChI=1S/C10H15NO3S/c1-10(14,7-12)6-11-9(13)4-8-2-3-15-5-8/h2-3,5,12,14H,4,6-7H2,1H3,(H,11,13). The maximum Gasteiger partial charge on any atom is 0.224 e. The van der Waals surface area contributed by atoms with Crippen LogP contribution in [0.3, 0.4) is 0 Å². The molecular formula is C10H15NO3S. The molecule has 0 spiro atoms. The second-order valence-electron chi connectivity index (χ2n) is 3.74. The summed E-state index contributed by atoms with van der Waals surface area (Å²) in [7, 11) is 0.